The fourth-order valence-corrected chi connectivity index (χ4v) is 3.03. The molecule has 1 aromatic carbocycles. The third-order valence-electron chi connectivity index (χ3n) is 3.64. The highest BCUT2D eigenvalue weighted by Crippen LogP contribution is 2.26. The zero-order valence-electron chi connectivity index (χ0n) is 13.2. The number of nitrogens with one attached hydrogen (secondary N) is 2. The second-order valence-corrected chi connectivity index (χ2v) is 6.65. The molecule has 1 fully saturated rings. The van der Waals surface area contributed by atoms with Gasteiger partial charge in [0, 0.05) is 18.0 Å². The molecule has 2 N–H and O–H groups in total. The molecule has 0 radical (unpaired) electrons. The van der Waals surface area contributed by atoms with Crippen LogP contribution in [0.4, 0.5) is 0 Å². The maximum Gasteiger partial charge on any atom is 0.252 e. The van der Waals surface area contributed by atoms with Gasteiger partial charge in [-0.15, -0.1) is 6.58 Å². The van der Waals surface area contributed by atoms with Crippen LogP contribution in [-0.4, -0.2) is 35.1 Å². The fraction of sp³-hybridized carbons (Fsp3) is 0.278. The minimum Gasteiger partial charge on any atom is -0.352 e. The summed E-state index contributed by atoms with van der Waals surface area (Å²) in [5.41, 5.74) is 1.37. The van der Waals surface area contributed by atoms with Gasteiger partial charge in [0.1, 0.15) is 0 Å². The van der Waals surface area contributed by atoms with Crippen molar-refractivity contribution >= 4 is 34.5 Å². The maximum atomic E-state index is 12.5. The Morgan fingerprint density at radius 2 is 2.12 bits per heavy atom. The third-order valence-corrected chi connectivity index (χ3v) is 4.56. The molecule has 0 saturated heterocycles. The molecule has 1 heterocycles. The number of hydrogen-bond donors (Lipinski definition) is 2. The number of nitrogens with zero attached hydrogens (tertiary/aromatic N) is 1. The molecule has 1 saturated carbocycles. The molecule has 2 aromatic rings. The van der Waals surface area contributed by atoms with E-state index < -0.39 is 0 Å². The number of amides is 2. The molecule has 1 aliphatic rings. The summed E-state index contributed by atoms with van der Waals surface area (Å²) < 4.78 is 0. The van der Waals surface area contributed by atoms with Crippen LogP contribution in [-0.2, 0) is 4.79 Å². The van der Waals surface area contributed by atoms with Gasteiger partial charge in [0.05, 0.1) is 21.9 Å². The number of hydrogen-bond acceptors (Lipinski definition) is 4. The molecule has 1 aliphatic carbocycles. The summed E-state index contributed by atoms with van der Waals surface area (Å²) in [7, 11) is 0. The average Bonchev–Trinajstić information content (AvgIpc) is 3.41. The first-order chi connectivity index (χ1) is 11.7. The minimum absolute atomic E-state index is 0.0749. The summed E-state index contributed by atoms with van der Waals surface area (Å²) in [6.07, 6.45) is 3.72. The SMILES string of the molecule is C=CCNC(=O)CSc1cc(C(=O)NC2CC2)c2ccccc2n1. The Kier molecular flexibility index (Phi) is 5.15. The summed E-state index contributed by atoms with van der Waals surface area (Å²) >= 11 is 1.32. The van der Waals surface area contributed by atoms with E-state index in [0.717, 1.165) is 23.7 Å². The predicted molar refractivity (Wildman–Crippen MR) is 96.2 cm³/mol. The molecule has 0 aliphatic heterocycles. The lowest BCUT2D eigenvalue weighted by Gasteiger charge is -2.10. The van der Waals surface area contributed by atoms with Crippen LogP contribution in [0.5, 0.6) is 0 Å². The van der Waals surface area contributed by atoms with Crippen molar-refractivity contribution in [3.8, 4) is 0 Å². The first-order valence-corrected chi connectivity index (χ1v) is 8.87. The molecule has 0 bridgehead atoms. The molecule has 6 heteroatoms. The van der Waals surface area contributed by atoms with Gasteiger partial charge in [-0.2, -0.15) is 0 Å². The number of carbonyl (C=O) groups is 2. The second-order valence-electron chi connectivity index (χ2n) is 5.65. The van der Waals surface area contributed by atoms with E-state index in [1.165, 1.54) is 11.8 Å². The Bertz CT molecular complexity index is 787. The predicted octanol–water partition coefficient (Wildman–Crippen LogP) is 2.52. The first kappa shape index (κ1) is 16.5. The van der Waals surface area contributed by atoms with Crippen molar-refractivity contribution in [3.05, 3.63) is 48.6 Å². The highest BCUT2D eigenvalue weighted by molar-refractivity contribution is 7.99. The maximum absolute atomic E-state index is 12.5. The molecule has 5 nitrogen and oxygen atoms in total. The highest BCUT2D eigenvalue weighted by Gasteiger charge is 2.25. The summed E-state index contributed by atoms with van der Waals surface area (Å²) in [5.74, 6) is 0.0935. The van der Waals surface area contributed by atoms with Crippen LogP contribution in [0.15, 0.2) is 48.0 Å². The lowest BCUT2D eigenvalue weighted by atomic mass is 10.1. The van der Waals surface area contributed by atoms with E-state index in [1.54, 1.807) is 12.1 Å². The van der Waals surface area contributed by atoms with Gasteiger partial charge in [0.2, 0.25) is 5.91 Å². The number of rotatable bonds is 7. The summed E-state index contributed by atoms with van der Waals surface area (Å²) in [6.45, 7) is 4.01. The average molecular weight is 341 g/mol. The van der Waals surface area contributed by atoms with Crippen LogP contribution in [0.2, 0.25) is 0 Å². The minimum atomic E-state index is -0.0844. The molecular weight excluding hydrogens is 322 g/mol. The van der Waals surface area contributed by atoms with Crippen molar-refractivity contribution in [1.29, 1.82) is 0 Å². The van der Waals surface area contributed by atoms with Crippen molar-refractivity contribution in [1.82, 2.24) is 15.6 Å². The topological polar surface area (TPSA) is 71.1 Å². The lowest BCUT2D eigenvalue weighted by Crippen LogP contribution is -2.26. The van der Waals surface area contributed by atoms with Crippen molar-refractivity contribution in [2.24, 2.45) is 0 Å². The Labute approximate surface area is 144 Å². The van der Waals surface area contributed by atoms with Crippen molar-refractivity contribution in [3.63, 3.8) is 0 Å². The van der Waals surface area contributed by atoms with Gasteiger partial charge >= 0.3 is 0 Å². The van der Waals surface area contributed by atoms with E-state index in [4.69, 9.17) is 0 Å². The number of pyridine rings is 1. The number of carbonyl (C=O) groups excluding carboxylic acids is 2. The number of aromatic nitrogens is 1. The monoisotopic (exact) mass is 341 g/mol. The number of benzene rings is 1. The van der Waals surface area contributed by atoms with Gasteiger partial charge in [-0.25, -0.2) is 4.98 Å². The normalized spacial score (nSPS) is 13.5. The Morgan fingerprint density at radius 3 is 2.88 bits per heavy atom. The second kappa shape index (κ2) is 7.49. The third kappa shape index (κ3) is 4.14. The van der Waals surface area contributed by atoms with Crippen molar-refractivity contribution < 1.29 is 9.59 Å². The van der Waals surface area contributed by atoms with E-state index in [-0.39, 0.29) is 17.6 Å². The fourth-order valence-electron chi connectivity index (χ4n) is 2.28. The van der Waals surface area contributed by atoms with Crippen LogP contribution >= 0.6 is 11.8 Å². The lowest BCUT2D eigenvalue weighted by molar-refractivity contribution is -0.118. The zero-order chi connectivity index (χ0) is 16.9. The van der Waals surface area contributed by atoms with E-state index >= 15 is 0 Å². The molecular formula is C18H19N3O2S. The van der Waals surface area contributed by atoms with E-state index in [9.17, 15) is 9.59 Å². The number of para-hydroxylation sites is 1. The zero-order valence-corrected chi connectivity index (χ0v) is 14.1. The Morgan fingerprint density at radius 1 is 1.33 bits per heavy atom. The Hall–Kier alpha value is -2.34. The molecule has 24 heavy (non-hydrogen) atoms. The summed E-state index contributed by atoms with van der Waals surface area (Å²) in [5, 5.41) is 7.24. The van der Waals surface area contributed by atoms with Crippen molar-refractivity contribution in [2.75, 3.05) is 12.3 Å². The molecule has 0 spiro atoms. The Balaban J connectivity index is 1.81. The van der Waals surface area contributed by atoms with Gasteiger partial charge in [0.25, 0.3) is 5.91 Å². The molecule has 3 rings (SSSR count). The summed E-state index contributed by atoms with van der Waals surface area (Å²) in [6, 6.07) is 9.63. The van der Waals surface area contributed by atoms with Crippen LogP contribution < -0.4 is 10.6 Å². The van der Waals surface area contributed by atoms with Crippen LogP contribution in [0, 0.1) is 0 Å². The highest BCUT2D eigenvalue weighted by atomic mass is 32.2. The number of thioether (sulfide) groups is 1. The van der Waals surface area contributed by atoms with E-state index in [1.807, 2.05) is 24.3 Å². The van der Waals surface area contributed by atoms with Gasteiger partial charge in [0.15, 0.2) is 0 Å². The molecule has 0 atom stereocenters. The summed E-state index contributed by atoms with van der Waals surface area (Å²) in [4.78, 5) is 28.8. The quantitative estimate of drug-likeness (QED) is 0.600. The van der Waals surface area contributed by atoms with E-state index in [2.05, 4.69) is 22.2 Å². The molecule has 1 aromatic heterocycles. The van der Waals surface area contributed by atoms with E-state index in [0.29, 0.717) is 23.2 Å². The van der Waals surface area contributed by atoms with Crippen LogP contribution in [0.25, 0.3) is 10.9 Å². The molecule has 0 unspecified atom stereocenters. The largest absolute Gasteiger partial charge is 0.352 e. The molecule has 124 valence electrons. The standard InChI is InChI=1S/C18H19N3O2S/c1-2-9-19-16(22)11-24-17-10-14(18(23)20-12-7-8-12)13-5-3-4-6-15(13)21-17/h2-6,10,12H,1,7-9,11H2,(H,19,22)(H,20,23). The van der Waals surface area contributed by atoms with Gasteiger partial charge < -0.3 is 10.6 Å². The smallest absolute Gasteiger partial charge is 0.252 e. The van der Waals surface area contributed by atoms with Crippen LogP contribution in [0.1, 0.15) is 23.2 Å². The molecule has 2 amide bonds. The number of fused-ring (bicyclic) bond motifs is 1. The van der Waals surface area contributed by atoms with Crippen molar-refractivity contribution in [2.45, 2.75) is 23.9 Å². The van der Waals surface area contributed by atoms with Crippen LogP contribution in [0.3, 0.4) is 0 Å². The first-order valence-electron chi connectivity index (χ1n) is 7.88. The van der Waals surface area contributed by atoms with Gasteiger partial charge in [-0.3, -0.25) is 9.59 Å². The van der Waals surface area contributed by atoms with Gasteiger partial charge in [-0.1, -0.05) is 36.0 Å². The van der Waals surface area contributed by atoms with Gasteiger partial charge in [-0.05, 0) is 25.0 Å².